The van der Waals surface area contributed by atoms with Crippen LogP contribution >= 0.6 is 0 Å². The maximum Gasteiger partial charge on any atom is 0.482 e. The second-order valence-electron chi connectivity index (χ2n) is 2.73. The van der Waals surface area contributed by atoms with E-state index in [1.165, 1.54) is 18.3 Å². The van der Waals surface area contributed by atoms with Gasteiger partial charge in [-0.3, -0.25) is 4.98 Å². The number of nitrogens with two attached hydrogens (primary N) is 1. The number of aromatic nitrogens is 1. The van der Waals surface area contributed by atoms with Crippen LogP contribution in [0.25, 0.3) is 0 Å². The van der Waals surface area contributed by atoms with E-state index in [9.17, 15) is 12.9 Å². The summed E-state index contributed by atoms with van der Waals surface area (Å²) in [6.07, 6.45) is 0.537. The molecule has 0 aromatic carbocycles. The molecule has 6 heteroatoms. The number of halogens is 3. The molecule has 0 aliphatic rings. The molecular formula is C7H9BF3N2-. The van der Waals surface area contributed by atoms with E-state index in [0.717, 1.165) is 0 Å². The lowest BCUT2D eigenvalue weighted by atomic mass is 9.81. The number of rotatable bonds is 3. The highest BCUT2D eigenvalue weighted by Crippen LogP contribution is 2.17. The van der Waals surface area contributed by atoms with E-state index in [0.29, 0.717) is 5.69 Å². The standard InChI is InChI=1S/C7H9BF3N2/c9-8(10,11)4-6-2-1-3-13-7(6)5-12/h1-3H,4-5,12H2/q-1. The van der Waals surface area contributed by atoms with Gasteiger partial charge in [-0.05, 0) is 6.07 Å². The first-order valence-corrected chi connectivity index (χ1v) is 3.87. The van der Waals surface area contributed by atoms with Crippen LogP contribution in [0.1, 0.15) is 11.3 Å². The lowest BCUT2D eigenvalue weighted by Crippen LogP contribution is -2.21. The third-order valence-corrected chi connectivity index (χ3v) is 1.63. The fourth-order valence-corrected chi connectivity index (χ4v) is 1.09. The third-order valence-electron chi connectivity index (χ3n) is 1.63. The van der Waals surface area contributed by atoms with Crippen molar-refractivity contribution in [1.82, 2.24) is 4.98 Å². The van der Waals surface area contributed by atoms with Crippen molar-refractivity contribution < 1.29 is 12.9 Å². The van der Waals surface area contributed by atoms with Crippen molar-refractivity contribution >= 4 is 6.98 Å². The Kier molecular flexibility index (Phi) is 2.92. The molecule has 0 radical (unpaired) electrons. The zero-order valence-corrected chi connectivity index (χ0v) is 6.88. The molecule has 0 aliphatic carbocycles. The predicted molar refractivity (Wildman–Crippen MR) is 44.9 cm³/mol. The van der Waals surface area contributed by atoms with Gasteiger partial charge >= 0.3 is 6.98 Å². The topological polar surface area (TPSA) is 38.9 Å². The summed E-state index contributed by atoms with van der Waals surface area (Å²) in [5.41, 5.74) is 5.75. The van der Waals surface area contributed by atoms with Crippen LogP contribution in [0.3, 0.4) is 0 Å². The highest BCUT2D eigenvalue weighted by Gasteiger charge is 2.24. The monoisotopic (exact) mass is 189 g/mol. The van der Waals surface area contributed by atoms with Crippen LogP contribution in [0, 0.1) is 0 Å². The van der Waals surface area contributed by atoms with Gasteiger partial charge in [0.25, 0.3) is 0 Å². The van der Waals surface area contributed by atoms with Gasteiger partial charge < -0.3 is 18.7 Å². The molecule has 0 saturated heterocycles. The normalized spacial score (nSPS) is 11.7. The summed E-state index contributed by atoms with van der Waals surface area (Å²) in [6, 6.07) is 2.89. The van der Waals surface area contributed by atoms with Gasteiger partial charge in [0.15, 0.2) is 0 Å². The number of hydrogen-bond donors (Lipinski definition) is 1. The molecule has 1 aromatic heterocycles. The average Bonchev–Trinajstić information content (AvgIpc) is 2.02. The third kappa shape index (κ3) is 3.06. The lowest BCUT2D eigenvalue weighted by Gasteiger charge is -2.15. The fourth-order valence-electron chi connectivity index (χ4n) is 1.09. The molecule has 2 N–H and O–H groups in total. The molecule has 72 valence electrons. The quantitative estimate of drug-likeness (QED) is 0.731. The summed E-state index contributed by atoms with van der Waals surface area (Å²) in [6.45, 7) is -4.76. The van der Waals surface area contributed by atoms with Gasteiger partial charge in [-0.2, -0.15) is 0 Å². The molecule has 1 heterocycles. The van der Waals surface area contributed by atoms with Gasteiger partial charge in [-0.1, -0.05) is 17.9 Å². The van der Waals surface area contributed by atoms with Crippen molar-refractivity contribution in [3.05, 3.63) is 29.6 Å². The molecule has 1 rings (SSSR count). The van der Waals surface area contributed by atoms with E-state index in [1.807, 2.05) is 0 Å². The summed E-state index contributed by atoms with van der Waals surface area (Å²) < 4.78 is 36.2. The number of hydrogen-bond acceptors (Lipinski definition) is 2. The first kappa shape index (κ1) is 10.0. The SMILES string of the molecule is NCc1ncccc1C[B-](F)(F)F. The van der Waals surface area contributed by atoms with Crippen LogP contribution in [0.2, 0.25) is 0 Å². The summed E-state index contributed by atoms with van der Waals surface area (Å²) in [4.78, 5) is 3.77. The van der Waals surface area contributed by atoms with Crippen LogP contribution in [0.5, 0.6) is 0 Å². The van der Waals surface area contributed by atoms with Crippen molar-refractivity contribution in [2.45, 2.75) is 12.9 Å². The molecule has 2 nitrogen and oxygen atoms in total. The Balaban J connectivity index is 2.87. The van der Waals surface area contributed by atoms with Crippen LogP contribution in [-0.4, -0.2) is 12.0 Å². The Morgan fingerprint density at radius 3 is 2.62 bits per heavy atom. The smallest absolute Gasteiger partial charge is 0.449 e. The molecule has 0 aliphatic heterocycles. The van der Waals surface area contributed by atoms with Crippen LogP contribution in [-0.2, 0) is 12.9 Å². The maximum atomic E-state index is 12.1. The Hall–Kier alpha value is -1.04. The van der Waals surface area contributed by atoms with Crippen LogP contribution in [0.15, 0.2) is 18.3 Å². The minimum Gasteiger partial charge on any atom is -0.449 e. The highest BCUT2D eigenvalue weighted by atomic mass is 19.4. The summed E-state index contributed by atoms with van der Waals surface area (Å²) in [5.74, 6) is 0. The van der Waals surface area contributed by atoms with Crippen molar-refractivity contribution in [3.63, 3.8) is 0 Å². The van der Waals surface area contributed by atoms with Gasteiger partial charge in [0, 0.05) is 12.7 Å². The molecule has 0 spiro atoms. The average molecular weight is 189 g/mol. The number of pyridine rings is 1. The van der Waals surface area contributed by atoms with Crippen molar-refractivity contribution in [2.24, 2.45) is 5.73 Å². The van der Waals surface area contributed by atoms with Crippen molar-refractivity contribution in [2.75, 3.05) is 0 Å². The Bertz CT molecular complexity index is 287. The largest absolute Gasteiger partial charge is 0.482 e. The molecule has 1 aromatic rings. The van der Waals surface area contributed by atoms with Gasteiger partial charge in [0.2, 0.25) is 0 Å². The van der Waals surface area contributed by atoms with E-state index in [-0.39, 0.29) is 12.1 Å². The molecule has 0 unspecified atom stereocenters. The van der Waals surface area contributed by atoms with E-state index in [1.54, 1.807) is 0 Å². The van der Waals surface area contributed by atoms with Crippen LogP contribution in [0.4, 0.5) is 12.9 Å². The summed E-state index contributed by atoms with van der Waals surface area (Å²) in [5, 5.41) is 0. The molecule has 0 bridgehead atoms. The van der Waals surface area contributed by atoms with E-state index in [4.69, 9.17) is 5.73 Å². The van der Waals surface area contributed by atoms with E-state index >= 15 is 0 Å². The van der Waals surface area contributed by atoms with Crippen LogP contribution < -0.4 is 5.73 Å². The van der Waals surface area contributed by atoms with Crippen molar-refractivity contribution in [3.8, 4) is 0 Å². The fraction of sp³-hybridized carbons (Fsp3) is 0.286. The summed E-state index contributed by atoms with van der Waals surface area (Å²) in [7, 11) is 0. The number of nitrogens with zero attached hydrogens (tertiary/aromatic N) is 1. The second kappa shape index (κ2) is 3.78. The Labute approximate surface area is 74.0 Å². The van der Waals surface area contributed by atoms with Gasteiger partial charge in [-0.15, -0.1) is 0 Å². The van der Waals surface area contributed by atoms with Gasteiger partial charge in [0.05, 0.1) is 5.69 Å². The molecule has 0 fully saturated rings. The lowest BCUT2D eigenvalue weighted by molar-refractivity contribution is 0.468. The molecule has 0 amide bonds. The first-order valence-electron chi connectivity index (χ1n) is 3.87. The van der Waals surface area contributed by atoms with Gasteiger partial charge in [0.1, 0.15) is 0 Å². The van der Waals surface area contributed by atoms with E-state index in [2.05, 4.69) is 4.98 Å². The highest BCUT2D eigenvalue weighted by molar-refractivity contribution is 6.57. The minimum absolute atomic E-state index is 0.0440. The maximum absolute atomic E-state index is 12.1. The summed E-state index contributed by atoms with van der Waals surface area (Å²) >= 11 is 0. The van der Waals surface area contributed by atoms with Gasteiger partial charge in [-0.25, -0.2) is 0 Å². The second-order valence-corrected chi connectivity index (χ2v) is 2.73. The van der Waals surface area contributed by atoms with Crippen molar-refractivity contribution in [1.29, 1.82) is 0 Å². The first-order chi connectivity index (χ1) is 6.03. The Morgan fingerprint density at radius 2 is 2.08 bits per heavy atom. The molecule has 13 heavy (non-hydrogen) atoms. The molecule has 0 saturated carbocycles. The zero-order chi connectivity index (χ0) is 9.90. The van der Waals surface area contributed by atoms with E-state index < -0.39 is 13.3 Å². The molecule has 0 atom stereocenters. The Morgan fingerprint density at radius 1 is 1.38 bits per heavy atom. The molecular weight excluding hydrogens is 180 g/mol. The minimum atomic E-state index is -4.80. The zero-order valence-electron chi connectivity index (χ0n) is 6.88. The predicted octanol–water partition coefficient (Wildman–Crippen LogP) is 1.47.